The van der Waals surface area contributed by atoms with Gasteiger partial charge in [0.1, 0.15) is 17.2 Å². The molecule has 2 fully saturated rings. The molecule has 0 saturated carbocycles. The molecule has 3 heterocycles. The first-order valence-corrected chi connectivity index (χ1v) is 9.11. The van der Waals surface area contributed by atoms with Crippen molar-refractivity contribution >= 4 is 17.5 Å². The van der Waals surface area contributed by atoms with Crippen LogP contribution in [0.4, 0.5) is 0 Å². The van der Waals surface area contributed by atoms with Crippen molar-refractivity contribution in [1.29, 1.82) is 0 Å². The van der Waals surface area contributed by atoms with E-state index in [2.05, 4.69) is 15.3 Å². The summed E-state index contributed by atoms with van der Waals surface area (Å²) in [4.78, 5) is 22.6. The molecule has 138 valence electrons. The number of nitrogens with zero attached hydrogens (tertiary/aromatic N) is 3. The average Bonchev–Trinajstić information content (AvgIpc) is 2.64. The van der Waals surface area contributed by atoms with Crippen LogP contribution in [0, 0.1) is 6.92 Å². The van der Waals surface area contributed by atoms with Gasteiger partial charge >= 0.3 is 0 Å². The second kappa shape index (κ2) is 8.40. The zero-order valence-electron chi connectivity index (χ0n) is 14.7. The number of likely N-dealkylation sites (tertiary alicyclic amines) is 1. The minimum absolute atomic E-state index is 0.0684. The molecule has 2 aliphatic heterocycles. The molecule has 0 bridgehead atoms. The zero-order chi connectivity index (χ0) is 17.8. The third kappa shape index (κ3) is 4.28. The summed E-state index contributed by atoms with van der Waals surface area (Å²) in [6.07, 6.45) is 4.22. The standard InChI is InChI=1S/C17H25ClN4O3/c1-11-15(19-10-20-16(11)18)17(23)22-6-3-12(4-7-22)21-13-5-8-25-9-14(13)24-2/h10,12-14,21H,3-9H2,1-2H3/t13-,14+/m0/s1. The Labute approximate surface area is 153 Å². The van der Waals surface area contributed by atoms with E-state index in [1.807, 2.05) is 4.90 Å². The SMILES string of the molecule is CO[C@@H]1COCC[C@@H]1NC1CCN(C(=O)c2ncnc(Cl)c2C)CC1. The largest absolute Gasteiger partial charge is 0.379 e. The number of amides is 1. The Morgan fingerprint density at radius 1 is 1.36 bits per heavy atom. The lowest BCUT2D eigenvalue weighted by molar-refractivity contribution is -0.0533. The first kappa shape index (κ1) is 18.5. The van der Waals surface area contributed by atoms with E-state index in [1.165, 1.54) is 6.33 Å². The van der Waals surface area contributed by atoms with Gasteiger partial charge in [-0.3, -0.25) is 4.79 Å². The smallest absolute Gasteiger partial charge is 0.272 e. The molecule has 1 aromatic heterocycles. The third-order valence-electron chi connectivity index (χ3n) is 5.06. The molecule has 3 rings (SSSR count). The predicted molar refractivity (Wildman–Crippen MR) is 93.9 cm³/mol. The van der Waals surface area contributed by atoms with E-state index in [0.29, 0.717) is 48.2 Å². The second-order valence-electron chi connectivity index (χ2n) is 6.62. The lowest BCUT2D eigenvalue weighted by atomic mass is 9.99. The first-order valence-electron chi connectivity index (χ1n) is 8.73. The van der Waals surface area contributed by atoms with Gasteiger partial charge in [0.25, 0.3) is 5.91 Å². The number of hydrogen-bond donors (Lipinski definition) is 1. The van der Waals surface area contributed by atoms with Gasteiger partial charge in [0.05, 0.1) is 12.7 Å². The monoisotopic (exact) mass is 368 g/mol. The molecule has 0 unspecified atom stereocenters. The fraction of sp³-hybridized carbons (Fsp3) is 0.706. The summed E-state index contributed by atoms with van der Waals surface area (Å²) >= 11 is 6.00. The van der Waals surface area contributed by atoms with Crippen molar-refractivity contribution in [2.45, 2.75) is 44.4 Å². The van der Waals surface area contributed by atoms with Crippen molar-refractivity contribution in [3.05, 3.63) is 22.7 Å². The van der Waals surface area contributed by atoms with Crippen LogP contribution in [-0.2, 0) is 9.47 Å². The molecular formula is C17H25ClN4O3. The van der Waals surface area contributed by atoms with Gasteiger partial charge in [0.2, 0.25) is 0 Å². The summed E-state index contributed by atoms with van der Waals surface area (Å²) in [6, 6.07) is 0.703. The Morgan fingerprint density at radius 2 is 2.12 bits per heavy atom. The molecule has 0 aromatic carbocycles. The van der Waals surface area contributed by atoms with Crippen molar-refractivity contribution < 1.29 is 14.3 Å². The second-order valence-corrected chi connectivity index (χ2v) is 6.97. The normalized spacial score (nSPS) is 25.2. The molecule has 0 aliphatic carbocycles. The number of methoxy groups -OCH3 is 1. The van der Waals surface area contributed by atoms with E-state index >= 15 is 0 Å². The van der Waals surface area contributed by atoms with Crippen LogP contribution in [0.15, 0.2) is 6.33 Å². The summed E-state index contributed by atoms with van der Waals surface area (Å²) in [6.45, 7) is 4.60. The van der Waals surface area contributed by atoms with Gasteiger partial charge in [-0.25, -0.2) is 9.97 Å². The molecule has 25 heavy (non-hydrogen) atoms. The summed E-state index contributed by atoms with van der Waals surface area (Å²) in [5.74, 6) is -0.0684. The summed E-state index contributed by atoms with van der Waals surface area (Å²) in [5, 5.41) is 4.02. The van der Waals surface area contributed by atoms with Crippen LogP contribution in [0.5, 0.6) is 0 Å². The number of nitrogens with one attached hydrogen (secondary N) is 1. The summed E-state index contributed by atoms with van der Waals surface area (Å²) < 4.78 is 11.0. The molecule has 1 N–H and O–H groups in total. The number of ether oxygens (including phenoxy) is 2. The van der Waals surface area contributed by atoms with Crippen molar-refractivity contribution in [1.82, 2.24) is 20.2 Å². The van der Waals surface area contributed by atoms with Gasteiger partial charge in [-0.2, -0.15) is 0 Å². The maximum atomic E-state index is 12.7. The highest BCUT2D eigenvalue weighted by Crippen LogP contribution is 2.20. The topological polar surface area (TPSA) is 76.6 Å². The molecule has 0 spiro atoms. The molecule has 2 atom stereocenters. The molecule has 1 amide bonds. The van der Waals surface area contributed by atoms with Crippen LogP contribution in [-0.4, -0.2) is 72.4 Å². The van der Waals surface area contributed by atoms with E-state index in [4.69, 9.17) is 21.1 Å². The maximum absolute atomic E-state index is 12.7. The Morgan fingerprint density at radius 3 is 2.84 bits per heavy atom. The highest BCUT2D eigenvalue weighted by Gasteiger charge is 2.31. The van der Waals surface area contributed by atoms with E-state index in [1.54, 1.807) is 14.0 Å². The number of rotatable bonds is 4. The average molecular weight is 369 g/mol. The Hall–Kier alpha value is -1.28. The van der Waals surface area contributed by atoms with Gasteiger partial charge in [-0.1, -0.05) is 11.6 Å². The van der Waals surface area contributed by atoms with Crippen molar-refractivity contribution in [3.63, 3.8) is 0 Å². The number of halogens is 1. The fourth-order valence-corrected chi connectivity index (χ4v) is 3.61. The van der Waals surface area contributed by atoms with Gasteiger partial charge in [-0.15, -0.1) is 0 Å². The number of piperidine rings is 1. The van der Waals surface area contributed by atoms with Gasteiger partial charge in [0, 0.05) is 44.5 Å². The number of aromatic nitrogens is 2. The summed E-state index contributed by atoms with van der Waals surface area (Å²) in [7, 11) is 1.73. The number of carbonyl (C=O) groups is 1. The highest BCUT2D eigenvalue weighted by atomic mass is 35.5. The minimum Gasteiger partial charge on any atom is -0.379 e. The predicted octanol–water partition coefficient (Wildman–Crippen LogP) is 1.44. The molecule has 2 saturated heterocycles. The van der Waals surface area contributed by atoms with E-state index < -0.39 is 0 Å². The number of hydrogen-bond acceptors (Lipinski definition) is 6. The maximum Gasteiger partial charge on any atom is 0.272 e. The molecular weight excluding hydrogens is 344 g/mol. The molecule has 8 heteroatoms. The third-order valence-corrected chi connectivity index (χ3v) is 5.44. The number of carbonyl (C=O) groups excluding carboxylic acids is 1. The fourth-order valence-electron chi connectivity index (χ4n) is 3.48. The molecule has 1 aromatic rings. The Bertz CT molecular complexity index is 608. The van der Waals surface area contributed by atoms with E-state index in [0.717, 1.165) is 25.9 Å². The highest BCUT2D eigenvalue weighted by molar-refractivity contribution is 6.30. The molecule has 2 aliphatic rings. The van der Waals surface area contributed by atoms with Gasteiger partial charge < -0.3 is 19.7 Å². The molecule has 0 radical (unpaired) electrons. The van der Waals surface area contributed by atoms with Crippen molar-refractivity contribution in [3.8, 4) is 0 Å². The summed E-state index contributed by atoms with van der Waals surface area (Å²) in [5.41, 5.74) is 1.04. The quantitative estimate of drug-likeness (QED) is 0.810. The van der Waals surface area contributed by atoms with Crippen LogP contribution in [0.25, 0.3) is 0 Å². The van der Waals surface area contributed by atoms with E-state index in [9.17, 15) is 4.79 Å². The zero-order valence-corrected chi connectivity index (χ0v) is 15.5. The van der Waals surface area contributed by atoms with E-state index in [-0.39, 0.29) is 12.0 Å². The van der Waals surface area contributed by atoms with Crippen LogP contribution in [0.1, 0.15) is 35.3 Å². The molecule has 7 nitrogen and oxygen atoms in total. The van der Waals surface area contributed by atoms with Crippen LogP contribution < -0.4 is 5.32 Å². The lowest BCUT2D eigenvalue weighted by Crippen LogP contribution is -2.54. The van der Waals surface area contributed by atoms with Crippen LogP contribution in [0.3, 0.4) is 0 Å². The lowest BCUT2D eigenvalue weighted by Gasteiger charge is -2.38. The van der Waals surface area contributed by atoms with Crippen molar-refractivity contribution in [2.75, 3.05) is 33.4 Å². The van der Waals surface area contributed by atoms with Crippen LogP contribution >= 0.6 is 11.6 Å². The Balaban J connectivity index is 1.54. The van der Waals surface area contributed by atoms with Crippen molar-refractivity contribution in [2.24, 2.45) is 0 Å². The van der Waals surface area contributed by atoms with Crippen LogP contribution in [0.2, 0.25) is 5.15 Å². The Kier molecular flexibility index (Phi) is 6.22. The van der Waals surface area contributed by atoms with Gasteiger partial charge in [0.15, 0.2) is 0 Å². The minimum atomic E-state index is -0.0684. The first-order chi connectivity index (χ1) is 12.1. The van der Waals surface area contributed by atoms with Gasteiger partial charge in [-0.05, 0) is 26.2 Å².